The number of alkyl halides is 3. The van der Waals surface area contributed by atoms with Gasteiger partial charge in [0.05, 0.1) is 16.9 Å². The third-order valence-electron chi connectivity index (χ3n) is 5.63. The van der Waals surface area contributed by atoms with Gasteiger partial charge in [0.25, 0.3) is 0 Å². The fraction of sp³-hybridized carbons (Fsp3) is 0.350. The topological polar surface area (TPSA) is 99.2 Å². The van der Waals surface area contributed by atoms with E-state index in [1.807, 2.05) is 12.1 Å². The number of halogens is 3. The molecule has 12 heteroatoms. The van der Waals surface area contributed by atoms with Crippen LogP contribution < -0.4 is 10.4 Å². The molecule has 0 aromatic heterocycles. The van der Waals surface area contributed by atoms with Crippen molar-refractivity contribution in [3.63, 3.8) is 0 Å². The SMILES string of the molecule is O=C1OCc2ccccc2N1C1CCN(S(=O)(=O)c2ccc(C(F)(F)F)cc2NO)CC1. The Morgan fingerprint density at radius 2 is 1.78 bits per heavy atom. The predicted octanol–water partition coefficient (Wildman–Crippen LogP) is 3.82. The highest BCUT2D eigenvalue weighted by Gasteiger charge is 2.38. The number of nitrogens with zero attached hydrogens (tertiary/aromatic N) is 2. The average Bonchev–Trinajstić information content (AvgIpc) is 2.78. The first-order chi connectivity index (χ1) is 15.1. The molecule has 1 saturated heterocycles. The van der Waals surface area contributed by atoms with Crippen LogP contribution in [0.1, 0.15) is 24.0 Å². The largest absolute Gasteiger partial charge is 0.444 e. The number of ether oxygens (including phenoxy) is 1. The lowest BCUT2D eigenvalue weighted by Crippen LogP contribution is -2.50. The molecule has 1 fully saturated rings. The molecule has 2 aliphatic heterocycles. The van der Waals surface area contributed by atoms with Crippen molar-refractivity contribution in [2.75, 3.05) is 23.5 Å². The van der Waals surface area contributed by atoms with Crippen molar-refractivity contribution < 1.29 is 36.3 Å². The Morgan fingerprint density at radius 3 is 2.44 bits per heavy atom. The summed E-state index contributed by atoms with van der Waals surface area (Å²) in [7, 11) is -4.19. The van der Waals surface area contributed by atoms with Gasteiger partial charge in [-0.3, -0.25) is 15.6 Å². The minimum atomic E-state index is -4.69. The Hall–Kier alpha value is -2.83. The van der Waals surface area contributed by atoms with E-state index in [1.54, 1.807) is 17.6 Å². The molecule has 0 spiro atoms. The van der Waals surface area contributed by atoms with Crippen LogP contribution in [0.25, 0.3) is 0 Å². The first-order valence-corrected chi connectivity index (χ1v) is 11.2. The van der Waals surface area contributed by atoms with Crippen molar-refractivity contribution in [3.05, 3.63) is 53.6 Å². The lowest BCUT2D eigenvalue weighted by atomic mass is 10.0. The summed E-state index contributed by atoms with van der Waals surface area (Å²) in [6.45, 7) is 0.263. The molecule has 0 unspecified atom stereocenters. The van der Waals surface area contributed by atoms with E-state index in [0.717, 1.165) is 21.6 Å². The molecular weight excluding hydrogens is 451 g/mol. The Balaban J connectivity index is 1.54. The quantitative estimate of drug-likeness (QED) is 0.658. The maximum absolute atomic E-state index is 13.1. The number of piperidine rings is 1. The summed E-state index contributed by atoms with van der Waals surface area (Å²) in [5, 5.41) is 9.25. The monoisotopic (exact) mass is 471 g/mol. The molecule has 0 radical (unpaired) electrons. The van der Waals surface area contributed by atoms with Gasteiger partial charge in [-0.1, -0.05) is 18.2 Å². The van der Waals surface area contributed by atoms with Gasteiger partial charge in [0.1, 0.15) is 11.5 Å². The van der Waals surface area contributed by atoms with Crippen molar-refractivity contribution in [1.82, 2.24) is 4.31 Å². The number of carbonyl (C=O) groups is 1. The second-order valence-corrected chi connectivity index (χ2v) is 9.42. The van der Waals surface area contributed by atoms with Gasteiger partial charge in [0.15, 0.2) is 0 Å². The van der Waals surface area contributed by atoms with Crippen molar-refractivity contribution in [2.24, 2.45) is 0 Å². The summed E-state index contributed by atoms with van der Waals surface area (Å²) in [6.07, 6.45) is -4.57. The Bertz CT molecular complexity index is 1130. The summed E-state index contributed by atoms with van der Waals surface area (Å²) in [5.74, 6) is 0. The van der Waals surface area contributed by atoms with Gasteiger partial charge in [-0.2, -0.15) is 17.5 Å². The van der Waals surface area contributed by atoms with Crippen LogP contribution in [0, 0.1) is 0 Å². The second-order valence-electron chi connectivity index (χ2n) is 7.51. The van der Waals surface area contributed by atoms with Gasteiger partial charge in [-0.25, -0.2) is 13.2 Å². The van der Waals surface area contributed by atoms with Gasteiger partial charge in [0, 0.05) is 24.7 Å². The van der Waals surface area contributed by atoms with E-state index in [1.165, 1.54) is 4.90 Å². The summed E-state index contributed by atoms with van der Waals surface area (Å²) in [6, 6.07) is 9.02. The van der Waals surface area contributed by atoms with Crippen LogP contribution in [0.3, 0.4) is 0 Å². The van der Waals surface area contributed by atoms with E-state index in [-0.39, 0.29) is 25.7 Å². The lowest BCUT2D eigenvalue weighted by Gasteiger charge is -2.39. The van der Waals surface area contributed by atoms with Crippen molar-refractivity contribution in [1.29, 1.82) is 0 Å². The number of sulfonamides is 1. The lowest BCUT2D eigenvalue weighted by molar-refractivity contribution is -0.137. The highest BCUT2D eigenvalue weighted by Crippen LogP contribution is 2.36. The fourth-order valence-electron chi connectivity index (χ4n) is 4.02. The predicted molar refractivity (Wildman–Crippen MR) is 108 cm³/mol. The number of amides is 1. The van der Waals surface area contributed by atoms with E-state index < -0.39 is 38.4 Å². The zero-order valence-corrected chi connectivity index (χ0v) is 17.5. The number of carbonyl (C=O) groups excluding carboxylic acids is 1. The first-order valence-electron chi connectivity index (χ1n) is 9.78. The first kappa shape index (κ1) is 22.4. The van der Waals surface area contributed by atoms with Gasteiger partial charge >= 0.3 is 12.3 Å². The molecular formula is C20H20F3N3O5S. The molecule has 8 nitrogen and oxygen atoms in total. The van der Waals surface area contributed by atoms with Crippen LogP contribution in [0.4, 0.5) is 29.3 Å². The summed E-state index contributed by atoms with van der Waals surface area (Å²) < 4.78 is 71.3. The Morgan fingerprint density at radius 1 is 1.09 bits per heavy atom. The highest BCUT2D eigenvalue weighted by molar-refractivity contribution is 7.89. The normalized spacial score (nSPS) is 18.2. The van der Waals surface area contributed by atoms with Crippen LogP contribution in [-0.2, 0) is 27.5 Å². The molecule has 32 heavy (non-hydrogen) atoms. The Labute approximate surface area is 182 Å². The van der Waals surface area contributed by atoms with E-state index in [2.05, 4.69) is 0 Å². The minimum absolute atomic E-state index is 0.0465. The van der Waals surface area contributed by atoms with Crippen molar-refractivity contribution >= 4 is 27.5 Å². The molecule has 0 saturated carbocycles. The molecule has 2 aromatic carbocycles. The van der Waals surface area contributed by atoms with Crippen LogP contribution in [0.2, 0.25) is 0 Å². The van der Waals surface area contributed by atoms with Crippen molar-refractivity contribution in [2.45, 2.75) is 36.6 Å². The highest BCUT2D eigenvalue weighted by atomic mass is 32.2. The molecule has 2 heterocycles. The van der Waals surface area contributed by atoms with Crippen molar-refractivity contribution in [3.8, 4) is 0 Å². The zero-order valence-electron chi connectivity index (χ0n) is 16.7. The molecule has 0 bridgehead atoms. The molecule has 2 N–H and O–H groups in total. The van der Waals surface area contributed by atoms with Gasteiger partial charge in [-0.05, 0) is 37.1 Å². The number of hydrogen-bond acceptors (Lipinski definition) is 6. The second kappa shape index (κ2) is 8.26. The number of para-hydroxylation sites is 1. The summed E-state index contributed by atoms with van der Waals surface area (Å²) in [5.41, 5.74) is 1.48. The molecule has 2 aliphatic rings. The van der Waals surface area contributed by atoms with Gasteiger partial charge in [-0.15, -0.1) is 0 Å². The standard InChI is InChI=1S/C20H20F3N3O5S/c21-20(22,23)14-5-6-18(16(11-14)24-28)32(29,30)25-9-7-15(8-10-25)26-17-4-2-1-3-13(17)12-31-19(26)27/h1-6,11,15,24,28H,7-10,12H2. The maximum atomic E-state index is 13.1. The molecule has 1 amide bonds. The number of rotatable bonds is 4. The Kier molecular flexibility index (Phi) is 5.77. The number of nitrogens with one attached hydrogen (secondary N) is 1. The number of anilines is 2. The number of hydrogen-bond donors (Lipinski definition) is 2. The molecule has 0 atom stereocenters. The molecule has 172 valence electrons. The van der Waals surface area contributed by atoms with Crippen LogP contribution >= 0.6 is 0 Å². The van der Waals surface area contributed by atoms with Gasteiger partial charge < -0.3 is 4.74 Å². The number of benzene rings is 2. The van der Waals surface area contributed by atoms with E-state index in [0.29, 0.717) is 25.0 Å². The van der Waals surface area contributed by atoms with Crippen LogP contribution in [0.15, 0.2) is 47.4 Å². The third kappa shape index (κ3) is 4.00. The van der Waals surface area contributed by atoms with E-state index in [9.17, 15) is 31.6 Å². The summed E-state index contributed by atoms with van der Waals surface area (Å²) in [4.78, 5) is 13.5. The zero-order chi connectivity index (χ0) is 23.1. The minimum Gasteiger partial charge on any atom is -0.444 e. The smallest absolute Gasteiger partial charge is 0.416 e. The molecule has 4 rings (SSSR count). The average molecular weight is 471 g/mol. The third-order valence-corrected chi connectivity index (χ3v) is 7.59. The van der Waals surface area contributed by atoms with E-state index in [4.69, 9.17) is 4.74 Å². The fourth-order valence-corrected chi connectivity index (χ4v) is 5.61. The van der Waals surface area contributed by atoms with Crippen LogP contribution in [0.5, 0.6) is 0 Å². The van der Waals surface area contributed by atoms with Crippen LogP contribution in [-0.4, -0.2) is 43.2 Å². The maximum Gasteiger partial charge on any atom is 0.416 e. The van der Waals surface area contributed by atoms with Gasteiger partial charge in [0.2, 0.25) is 10.0 Å². The molecule has 2 aromatic rings. The number of fused-ring (bicyclic) bond motifs is 1. The molecule has 0 aliphatic carbocycles. The van der Waals surface area contributed by atoms with E-state index >= 15 is 0 Å². The summed E-state index contributed by atoms with van der Waals surface area (Å²) >= 11 is 0. The number of cyclic esters (lactones) is 1.